The number of hydrogen-bond acceptors (Lipinski definition) is 3. The van der Waals surface area contributed by atoms with E-state index in [1.54, 1.807) is 0 Å². The van der Waals surface area contributed by atoms with Crippen LogP contribution in [0, 0.1) is 46.8 Å². The first-order valence-corrected chi connectivity index (χ1v) is 9.55. The molecule has 3 nitrogen and oxygen atoms in total. The van der Waals surface area contributed by atoms with E-state index in [0.29, 0.717) is 24.2 Å². The van der Waals surface area contributed by atoms with Crippen molar-refractivity contribution in [1.82, 2.24) is 0 Å². The number of aliphatic hydroxyl groups is 3. The lowest BCUT2D eigenvalue weighted by atomic mass is 9.46. The van der Waals surface area contributed by atoms with E-state index >= 15 is 0 Å². The van der Waals surface area contributed by atoms with E-state index in [9.17, 15) is 15.3 Å². The van der Waals surface area contributed by atoms with E-state index in [4.69, 9.17) is 6.42 Å². The third-order valence-electron chi connectivity index (χ3n) is 8.60. The van der Waals surface area contributed by atoms with Gasteiger partial charge < -0.3 is 15.3 Å². The number of allylic oxidation sites excluding steroid dienone is 1. The third-order valence-corrected chi connectivity index (χ3v) is 8.60. The van der Waals surface area contributed by atoms with Crippen molar-refractivity contribution in [3.8, 4) is 12.3 Å². The van der Waals surface area contributed by atoms with Gasteiger partial charge in [0.2, 0.25) is 0 Å². The predicted molar refractivity (Wildman–Crippen MR) is 92.6 cm³/mol. The first kappa shape index (κ1) is 16.6. The second-order valence-corrected chi connectivity index (χ2v) is 9.17. The maximum Gasteiger partial charge on any atom is 0.199 e. The Hall–Kier alpha value is -0.820. The van der Waals surface area contributed by atoms with Gasteiger partial charge in [0.05, 0.1) is 0 Å². The molecule has 132 valence electrons. The van der Waals surface area contributed by atoms with Crippen molar-refractivity contribution in [2.24, 2.45) is 34.5 Å². The van der Waals surface area contributed by atoms with Gasteiger partial charge in [-0.05, 0) is 68.1 Å². The summed E-state index contributed by atoms with van der Waals surface area (Å²) in [6.07, 6.45) is 13.5. The molecule has 0 aromatic rings. The first-order chi connectivity index (χ1) is 11.3. The van der Waals surface area contributed by atoms with Crippen LogP contribution in [0.2, 0.25) is 0 Å². The summed E-state index contributed by atoms with van der Waals surface area (Å²) >= 11 is 0. The van der Waals surface area contributed by atoms with Crippen molar-refractivity contribution < 1.29 is 15.3 Å². The van der Waals surface area contributed by atoms with Crippen LogP contribution < -0.4 is 0 Å². The lowest BCUT2D eigenvalue weighted by Crippen LogP contribution is -2.65. The highest BCUT2D eigenvalue weighted by Gasteiger charge is 2.65. The second-order valence-electron chi connectivity index (χ2n) is 9.17. The van der Waals surface area contributed by atoms with Gasteiger partial charge in [0.1, 0.15) is 6.10 Å². The molecular formula is C21H30O3. The molecule has 3 heteroatoms. The normalized spacial score (nSPS) is 52.5. The molecule has 0 aromatic heterocycles. The maximum atomic E-state index is 10.9. The molecule has 3 N–H and O–H groups in total. The first-order valence-electron chi connectivity index (χ1n) is 9.55. The molecule has 3 saturated carbocycles. The summed E-state index contributed by atoms with van der Waals surface area (Å²) in [5.74, 6) is 2.58. The maximum absolute atomic E-state index is 10.9. The lowest BCUT2D eigenvalue weighted by molar-refractivity contribution is -0.311. The van der Waals surface area contributed by atoms with Crippen molar-refractivity contribution in [2.45, 2.75) is 70.7 Å². The van der Waals surface area contributed by atoms with Crippen molar-refractivity contribution >= 4 is 0 Å². The van der Waals surface area contributed by atoms with Gasteiger partial charge in [-0.2, -0.15) is 0 Å². The molecule has 0 aromatic carbocycles. The standard InChI is InChI=1S/C21H30O3/c1-4-13-6-9-16-15-8-5-14-7-10-18(22)21(23,24)20(14,3)17(15)11-12-19(13,16)2/h1,5,13,15-18,22-24H,6-12H2,2-3H3/t13-,15-,16-,17-,18?,19+,20-/m0/s1. The van der Waals surface area contributed by atoms with Crippen LogP contribution in [0.15, 0.2) is 11.6 Å². The van der Waals surface area contributed by atoms with Crippen LogP contribution in [0.5, 0.6) is 0 Å². The quantitative estimate of drug-likeness (QED) is 0.364. The Morgan fingerprint density at radius 2 is 1.88 bits per heavy atom. The molecule has 0 saturated heterocycles. The fourth-order valence-corrected chi connectivity index (χ4v) is 7.05. The smallest absolute Gasteiger partial charge is 0.199 e. The molecule has 0 amide bonds. The van der Waals surface area contributed by atoms with Crippen LogP contribution >= 0.6 is 0 Å². The Morgan fingerprint density at radius 3 is 2.58 bits per heavy atom. The molecule has 1 unspecified atom stereocenters. The van der Waals surface area contributed by atoms with Crippen molar-refractivity contribution in [3.63, 3.8) is 0 Å². The van der Waals surface area contributed by atoms with E-state index in [2.05, 4.69) is 18.9 Å². The van der Waals surface area contributed by atoms with Crippen molar-refractivity contribution in [3.05, 3.63) is 11.6 Å². The minimum absolute atomic E-state index is 0.193. The van der Waals surface area contributed by atoms with Crippen LogP contribution in [-0.4, -0.2) is 27.2 Å². The molecule has 3 fully saturated rings. The van der Waals surface area contributed by atoms with Gasteiger partial charge in [-0.25, -0.2) is 0 Å². The van der Waals surface area contributed by atoms with Gasteiger partial charge in [0.15, 0.2) is 5.79 Å². The molecule has 24 heavy (non-hydrogen) atoms. The van der Waals surface area contributed by atoms with Crippen molar-refractivity contribution in [2.75, 3.05) is 0 Å². The van der Waals surface area contributed by atoms with E-state index < -0.39 is 17.3 Å². The molecule has 7 atom stereocenters. The summed E-state index contributed by atoms with van der Waals surface area (Å²) < 4.78 is 0. The molecule has 4 aliphatic rings. The van der Waals surface area contributed by atoms with Gasteiger partial charge in [0, 0.05) is 11.3 Å². The van der Waals surface area contributed by atoms with E-state index in [0.717, 1.165) is 44.1 Å². The van der Waals surface area contributed by atoms with Gasteiger partial charge in [0.25, 0.3) is 0 Å². The van der Waals surface area contributed by atoms with Crippen LogP contribution in [-0.2, 0) is 0 Å². The minimum Gasteiger partial charge on any atom is -0.387 e. The Kier molecular flexibility index (Phi) is 3.53. The largest absolute Gasteiger partial charge is 0.387 e. The molecule has 0 bridgehead atoms. The third kappa shape index (κ3) is 1.80. The van der Waals surface area contributed by atoms with Gasteiger partial charge in [-0.1, -0.05) is 25.5 Å². The number of terminal acetylenes is 1. The number of rotatable bonds is 0. The molecule has 4 aliphatic carbocycles. The van der Waals surface area contributed by atoms with Crippen LogP contribution in [0.3, 0.4) is 0 Å². The topological polar surface area (TPSA) is 60.7 Å². The zero-order chi connectivity index (χ0) is 17.3. The fourth-order valence-electron chi connectivity index (χ4n) is 7.05. The number of fused-ring (bicyclic) bond motifs is 5. The Bertz CT molecular complexity index is 615. The highest BCUT2D eigenvalue weighted by Crippen LogP contribution is 2.67. The van der Waals surface area contributed by atoms with Crippen LogP contribution in [0.1, 0.15) is 58.8 Å². The summed E-state index contributed by atoms with van der Waals surface area (Å²) in [6, 6.07) is 0. The molecule has 0 radical (unpaired) electrons. The van der Waals surface area contributed by atoms with E-state index in [-0.39, 0.29) is 11.3 Å². The minimum atomic E-state index is -2.03. The Balaban J connectivity index is 1.75. The summed E-state index contributed by atoms with van der Waals surface area (Å²) in [5, 5.41) is 32.0. The Labute approximate surface area is 145 Å². The summed E-state index contributed by atoms with van der Waals surface area (Å²) in [7, 11) is 0. The highest BCUT2D eigenvalue weighted by molar-refractivity contribution is 5.29. The van der Waals surface area contributed by atoms with E-state index in [1.165, 1.54) is 0 Å². The molecular weight excluding hydrogens is 300 g/mol. The molecule has 0 aliphatic heterocycles. The zero-order valence-corrected chi connectivity index (χ0v) is 14.8. The van der Waals surface area contributed by atoms with Gasteiger partial charge >= 0.3 is 0 Å². The number of hydrogen-bond donors (Lipinski definition) is 3. The summed E-state index contributed by atoms with van der Waals surface area (Å²) in [4.78, 5) is 0. The Morgan fingerprint density at radius 1 is 1.12 bits per heavy atom. The van der Waals surface area contributed by atoms with Crippen LogP contribution in [0.4, 0.5) is 0 Å². The monoisotopic (exact) mass is 330 g/mol. The zero-order valence-electron chi connectivity index (χ0n) is 14.8. The predicted octanol–water partition coefficient (Wildman–Crippen LogP) is 2.85. The number of aliphatic hydroxyl groups excluding tert-OH is 1. The summed E-state index contributed by atoms with van der Waals surface area (Å²) in [5.41, 5.74) is 0.607. The van der Waals surface area contributed by atoms with Crippen LogP contribution in [0.25, 0.3) is 0 Å². The average molecular weight is 330 g/mol. The highest BCUT2D eigenvalue weighted by atomic mass is 16.5. The fraction of sp³-hybridized carbons (Fsp3) is 0.810. The molecule has 0 heterocycles. The molecule has 0 spiro atoms. The van der Waals surface area contributed by atoms with E-state index in [1.807, 2.05) is 6.92 Å². The molecule has 4 rings (SSSR count). The van der Waals surface area contributed by atoms with Gasteiger partial charge in [-0.15, -0.1) is 12.3 Å². The average Bonchev–Trinajstić information content (AvgIpc) is 2.89. The SMILES string of the molecule is C#C[C@H]1CC[C@H]2[C@@H]3CC=C4CCC(O)C(O)(O)[C@]4(C)[C@H]3CC[C@]12C. The lowest BCUT2D eigenvalue weighted by Gasteiger charge is -2.61. The van der Waals surface area contributed by atoms with Gasteiger partial charge in [-0.3, -0.25) is 0 Å². The summed E-state index contributed by atoms with van der Waals surface area (Å²) in [6.45, 7) is 4.34. The second kappa shape index (κ2) is 5.10. The van der Waals surface area contributed by atoms with Crippen molar-refractivity contribution in [1.29, 1.82) is 0 Å².